The fourth-order valence-corrected chi connectivity index (χ4v) is 5.66. The molecular formula is C11H15BrN2O4S2. The van der Waals surface area contributed by atoms with Crippen LogP contribution in [0.2, 0.25) is 0 Å². The van der Waals surface area contributed by atoms with E-state index in [1.54, 1.807) is 18.2 Å². The smallest absolute Gasteiger partial charge is 0.235 e. The molecule has 20 heavy (non-hydrogen) atoms. The Hall–Kier alpha value is -0.800. The number of anilines is 2. The Morgan fingerprint density at radius 2 is 1.85 bits per heavy atom. The zero-order valence-electron chi connectivity index (χ0n) is 10.5. The van der Waals surface area contributed by atoms with Crippen LogP contribution in [0, 0.1) is 0 Å². The minimum absolute atomic E-state index is 0.0794. The molecule has 0 saturated carbocycles. The van der Waals surface area contributed by atoms with Crippen molar-refractivity contribution < 1.29 is 16.8 Å². The quantitative estimate of drug-likeness (QED) is 0.767. The van der Waals surface area contributed by atoms with Crippen LogP contribution in [0.25, 0.3) is 0 Å². The van der Waals surface area contributed by atoms with Gasteiger partial charge in [0.25, 0.3) is 0 Å². The van der Waals surface area contributed by atoms with Gasteiger partial charge in [-0.15, -0.1) is 0 Å². The molecule has 1 aromatic rings. The first-order valence-electron chi connectivity index (χ1n) is 5.97. The molecule has 0 unspecified atom stereocenters. The zero-order chi connectivity index (χ0) is 15.0. The Labute approximate surface area is 126 Å². The van der Waals surface area contributed by atoms with Crippen molar-refractivity contribution in [3.63, 3.8) is 0 Å². The van der Waals surface area contributed by atoms with Gasteiger partial charge in [0.2, 0.25) is 10.0 Å². The van der Waals surface area contributed by atoms with Crippen LogP contribution in [-0.4, -0.2) is 33.6 Å². The summed E-state index contributed by atoms with van der Waals surface area (Å²) < 4.78 is 50.2. The van der Waals surface area contributed by atoms with Gasteiger partial charge in [0, 0.05) is 15.8 Å². The highest BCUT2D eigenvalue weighted by atomic mass is 79.9. The van der Waals surface area contributed by atoms with Gasteiger partial charge in [-0.25, -0.2) is 16.8 Å². The van der Waals surface area contributed by atoms with E-state index in [4.69, 9.17) is 5.73 Å². The molecule has 0 amide bonds. The molecule has 0 radical (unpaired) electrons. The average Bonchev–Trinajstić information content (AvgIpc) is 2.33. The third-order valence-corrected chi connectivity index (χ3v) is 7.47. The summed E-state index contributed by atoms with van der Waals surface area (Å²) in [6.45, 7) is 0. The van der Waals surface area contributed by atoms with E-state index in [0.717, 1.165) is 0 Å². The predicted molar refractivity (Wildman–Crippen MR) is 82.8 cm³/mol. The molecule has 1 fully saturated rings. The predicted octanol–water partition coefficient (Wildman–Crippen LogP) is 1.35. The summed E-state index contributed by atoms with van der Waals surface area (Å²) in [4.78, 5) is 0. The molecule has 3 N–H and O–H groups in total. The minimum atomic E-state index is -3.59. The number of rotatable bonds is 3. The van der Waals surface area contributed by atoms with Crippen molar-refractivity contribution in [3.05, 3.63) is 22.7 Å². The molecule has 0 aliphatic carbocycles. The van der Waals surface area contributed by atoms with Gasteiger partial charge < -0.3 is 5.73 Å². The molecule has 1 aliphatic rings. The Balaban J connectivity index is 2.13. The number of nitrogens with two attached hydrogens (primary N) is 1. The second-order valence-electron chi connectivity index (χ2n) is 4.73. The van der Waals surface area contributed by atoms with Crippen LogP contribution in [0.4, 0.5) is 11.4 Å². The van der Waals surface area contributed by atoms with Gasteiger partial charge in [0.15, 0.2) is 0 Å². The van der Waals surface area contributed by atoms with E-state index in [-0.39, 0.29) is 24.3 Å². The number of sulfonamides is 1. The zero-order valence-corrected chi connectivity index (χ0v) is 13.8. The van der Waals surface area contributed by atoms with E-state index in [9.17, 15) is 16.8 Å². The molecule has 1 aromatic carbocycles. The molecular weight excluding hydrogens is 368 g/mol. The van der Waals surface area contributed by atoms with Crippen LogP contribution >= 0.6 is 15.9 Å². The van der Waals surface area contributed by atoms with E-state index < -0.39 is 25.1 Å². The van der Waals surface area contributed by atoms with Gasteiger partial charge in [0.1, 0.15) is 9.84 Å². The number of benzene rings is 1. The highest BCUT2D eigenvalue weighted by Crippen LogP contribution is 2.26. The number of halogens is 1. The lowest BCUT2D eigenvalue weighted by Crippen LogP contribution is -2.36. The van der Waals surface area contributed by atoms with E-state index >= 15 is 0 Å². The number of hydrogen-bond donors (Lipinski definition) is 2. The van der Waals surface area contributed by atoms with Gasteiger partial charge in [-0.2, -0.15) is 0 Å². The van der Waals surface area contributed by atoms with Gasteiger partial charge >= 0.3 is 0 Å². The first-order chi connectivity index (χ1) is 9.20. The minimum Gasteiger partial charge on any atom is -0.398 e. The molecule has 0 aromatic heterocycles. The number of nitrogen functional groups attached to an aromatic ring is 1. The van der Waals surface area contributed by atoms with Crippen molar-refractivity contribution >= 4 is 47.2 Å². The summed E-state index contributed by atoms with van der Waals surface area (Å²) in [6, 6.07) is 4.73. The van der Waals surface area contributed by atoms with Crippen LogP contribution in [0.15, 0.2) is 22.7 Å². The van der Waals surface area contributed by atoms with Crippen LogP contribution in [0.3, 0.4) is 0 Å². The number of hydrogen-bond acceptors (Lipinski definition) is 5. The molecule has 0 bridgehead atoms. The van der Waals surface area contributed by atoms with E-state index in [1.807, 2.05) is 0 Å². The molecule has 1 saturated heterocycles. The Kier molecular flexibility index (Phi) is 4.31. The maximum Gasteiger partial charge on any atom is 0.235 e. The highest BCUT2D eigenvalue weighted by Gasteiger charge is 2.32. The third kappa shape index (κ3) is 3.64. The normalized spacial score (nSPS) is 19.6. The van der Waals surface area contributed by atoms with E-state index in [2.05, 4.69) is 20.7 Å². The van der Waals surface area contributed by atoms with E-state index in [1.165, 1.54) is 0 Å². The molecule has 2 rings (SSSR count). The first kappa shape index (κ1) is 15.6. The Morgan fingerprint density at radius 3 is 2.40 bits per heavy atom. The SMILES string of the molecule is Nc1ccc(NS(=O)(=O)C2CCS(=O)(=O)CC2)cc1Br. The topological polar surface area (TPSA) is 106 Å². The average molecular weight is 383 g/mol. The lowest BCUT2D eigenvalue weighted by atomic mass is 10.2. The molecule has 112 valence electrons. The van der Waals surface area contributed by atoms with Gasteiger partial charge in [-0.05, 0) is 47.0 Å². The monoisotopic (exact) mass is 382 g/mol. The number of sulfone groups is 1. The van der Waals surface area contributed by atoms with E-state index in [0.29, 0.717) is 15.8 Å². The van der Waals surface area contributed by atoms with Crippen LogP contribution in [-0.2, 0) is 19.9 Å². The van der Waals surface area contributed by atoms with Crippen molar-refractivity contribution in [2.45, 2.75) is 18.1 Å². The molecule has 1 heterocycles. The van der Waals surface area contributed by atoms with Crippen molar-refractivity contribution in [2.24, 2.45) is 0 Å². The van der Waals surface area contributed by atoms with Crippen molar-refractivity contribution in [1.29, 1.82) is 0 Å². The number of nitrogens with one attached hydrogen (secondary N) is 1. The molecule has 9 heteroatoms. The van der Waals surface area contributed by atoms with Crippen molar-refractivity contribution in [1.82, 2.24) is 0 Å². The largest absolute Gasteiger partial charge is 0.398 e. The van der Waals surface area contributed by atoms with Gasteiger partial charge in [0.05, 0.1) is 16.8 Å². The standard InChI is InChI=1S/C11H15BrN2O4S2/c12-10-7-8(1-2-11(10)13)14-20(17,18)9-3-5-19(15,16)6-4-9/h1-2,7,9,14H,3-6,13H2. The van der Waals surface area contributed by atoms with Crippen LogP contribution in [0.5, 0.6) is 0 Å². The third-order valence-electron chi connectivity index (χ3n) is 3.20. The second-order valence-corrected chi connectivity index (χ2v) is 9.85. The molecule has 6 nitrogen and oxygen atoms in total. The summed E-state index contributed by atoms with van der Waals surface area (Å²) in [7, 11) is -6.67. The first-order valence-corrected chi connectivity index (χ1v) is 10.1. The van der Waals surface area contributed by atoms with Crippen LogP contribution in [0.1, 0.15) is 12.8 Å². The maximum atomic E-state index is 12.2. The summed E-state index contributed by atoms with van der Waals surface area (Å²) in [5.41, 5.74) is 6.55. The fraction of sp³-hybridized carbons (Fsp3) is 0.455. The lowest BCUT2D eigenvalue weighted by Gasteiger charge is -2.22. The Morgan fingerprint density at radius 1 is 1.25 bits per heavy atom. The lowest BCUT2D eigenvalue weighted by molar-refractivity contribution is 0.555. The Bertz CT molecular complexity index is 702. The molecule has 1 aliphatic heterocycles. The summed E-state index contributed by atoms with van der Waals surface area (Å²) in [5.74, 6) is -0.159. The summed E-state index contributed by atoms with van der Waals surface area (Å²) in [6.07, 6.45) is 0.265. The van der Waals surface area contributed by atoms with Gasteiger partial charge in [-0.1, -0.05) is 0 Å². The van der Waals surface area contributed by atoms with Crippen molar-refractivity contribution in [3.8, 4) is 0 Å². The molecule has 0 spiro atoms. The summed E-state index contributed by atoms with van der Waals surface area (Å²) >= 11 is 3.23. The fourth-order valence-electron chi connectivity index (χ4n) is 2.02. The maximum absolute atomic E-state index is 12.2. The van der Waals surface area contributed by atoms with Crippen molar-refractivity contribution in [2.75, 3.05) is 22.0 Å². The highest BCUT2D eigenvalue weighted by molar-refractivity contribution is 9.10. The van der Waals surface area contributed by atoms with Gasteiger partial charge in [-0.3, -0.25) is 4.72 Å². The molecule has 0 atom stereocenters. The van der Waals surface area contributed by atoms with Crippen LogP contribution < -0.4 is 10.5 Å². The summed E-state index contributed by atoms with van der Waals surface area (Å²) in [5, 5.41) is -0.678. The second kappa shape index (κ2) is 5.53.